The van der Waals surface area contributed by atoms with E-state index >= 15 is 0 Å². The molecule has 4 heteroatoms. The van der Waals surface area contributed by atoms with Crippen molar-refractivity contribution < 1.29 is 14.3 Å². The highest BCUT2D eigenvalue weighted by molar-refractivity contribution is 5.86. The Labute approximate surface area is 117 Å². The molecule has 0 aromatic heterocycles. The maximum absolute atomic E-state index is 11.3. The number of unbranched alkanes of at least 4 members (excludes halogenated alkanes) is 8. The Morgan fingerprint density at radius 2 is 1.37 bits per heavy atom. The van der Waals surface area contributed by atoms with E-state index in [0.717, 1.165) is 12.8 Å². The number of carbonyl (C=O) groups is 2. The molecular weight excluding hydrogens is 242 g/mol. The molecule has 0 aliphatic heterocycles. The van der Waals surface area contributed by atoms with E-state index in [1.54, 1.807) is 7.05 Å². The van der Waals surface area contributed by atoms with Gasteiger partial charge in [-0.2, -0.15) is 0 Å². The van der Waals surface area contributed by atoms with Crippen LogP contribution in [0.25, 0.3) is 0 Å². The second-order valence-corrected chi connectivity index (χ2v) is 4.95. The number of esters is 2. The van der Waals surface area contributed by atoms with E-state index in [-0.39, 0.29) is 6.54 Å². The molecule has 0 heterocycles. The molecule has 0 unspecified atom stereocenters. The van der Waals surface area contributed by atoms with Gasteiger partial charge in [-0.25, -0.2) is 0 Å². The minimum absolute atomic E-state index is 0.0868. The number of ether oxygens (including phenoxy) is 1. The largest absolute Gasteiger partial charge is 0.392 e. The lowest BCUT2D eigenvalue weighted by atomic mass is 10.1. The highest BCUT2D eigenvalue weighted by Gasteiger charge is 2.08. The number of carbonyl (C=O) groups excluding carboxylic acids is 2. The van der Waals surface area contributed by atoms with Crippen LogP contribution >= 0.6 is 0 Å². The van der Waals surface area contributed by atoms with Gasteiger partial charge in [0, 0.05) is 6.42 Å². The summed E-state index contributed by atoms with van der Waals surface area (Å²) in [4.78, 5) is 22.3. The van der Waals surface area contributed by atoms with Crippen LogP contribution in [-0.2, 0) is 14.3 Å². The second-order valence-electron chi connectivity index (χ2n) is 4.95. The SMILES string of the molecule is CCCCCCCCCCCC(=O)OC(=O)CNC. The van der Waals surface area contributed by atoms with Gasteiger partial charge < -0.3 is 10.1 Å². The molecule has 4 nitrogen and oxygen atoms in total. The molecule has 0 aliphatic carbocycles. The first kappa shape index (κ1) is 18.1. The third-order valence-electron chi connectivity index (χ3n) is 3.03. The van der Waals surface area contributed by atoms with E-state index in [0.29, 0.717) is 6.42 Å². The van der Waals surface area contributed by atoms with Crippen LogP contribution < -0.4 is 5.32 Å². The smallest absolute Gasteiger partial charge is 0.327 e. The van der Waals surface area contributed by atoms with Crippen LogP contribution in [0.2, 0.25) is 0 Å². The predicted octanol–water partition coefficient (Wildman–Crippen LogP) is 3.20. The predicted molar refractivity (Wildman–Crippen MR) is 76.9 cm³/mol. The third-order valence-corrected chi connectivity index (χ3v) is 3.03. The van der Waals surface area contributed by atoms with Gasteiger partial charge >= 0.3 is 11.9 Å². The summed E-state index contributed by atoms with van der Waals surface area (Å²) >= 11 is 0. The summed E-state index contributed by atoms with van der Waals surface area (Å²) in [7, 11) is 1.65. The summed E-state index contributed by atoms with van der Waals surface area (Å²) in [5.41, 5.74) is 0. The molecule has 0 saturated carbocycles. The highest BCUT2D eigenvalue weighted by atomic mass is 16.6. The van der Waals surface area contributed by atoms with E-state index in [4.69, 9.17) is 0 Å². The Kier molecular flexibility index (Phi) is 12.9. The van der Waals surface area contributed by atoms with Crippen molar-refractivity contribution in [3.63, 3.8) is 0 Å². The topological polar surface area (TPSA) is 55.4 Å². The van der Waals surface area contributed by atoms with Crippen molar-refractivity contribution in [2.75, 3.05) is 13.6 Å². The third kappa shape index (κ3) is 13.3. The summed E-state index contributed by atoms with van der Waals surface area (Å²) < 4.78 is 4.62. The molecule has 0 bridgehead atoms. The summed E-state index contributed by atoms with van der Waals surface area (Å²) in [6.45, 7) is 2.31. The fourth-order valence-electron chi connectivity index (χ4n) is 1.94. The standard InChI is InChI=1S/C15H29NO3/c1-3-4-5-6-7-8-9-10-11-12-14(17)19-15(18)13-16-2/h16H,3-13H2,1-2H3. The second kappa shape index (κ2) is 13.5. The van der Waals surface area contributed by atoms with Gasteiger partial charge in [0.1, 0.15) is 0 Å². The Morgan fingerprint density at radius 3 is 1.89 bits per heavy atom. The first-order valence-corrected chi connectivity index (χ1v) is 7.58. The molecule has 0 amide bonds. The summed E-state index contributed by atoms with van der Waals surface area (Å²) in [5.74, 6) is -0.897. The van der Waals surface area contributed by atoms with Crippen LogP contribution in [0.1, 0.15) is 71.1 Å². The first-order valence-electron chi connectivity index (χ1n) is 7.58. The fourth-order valence-corrected chi connectivity index (χ4v) is 1.94. The van der Waals surface area contributed by atoms with E-state index in [9.17, 15) is 9.59 Å². The molecule has 0 aromatic carbocycles. The highest BCUT2D eigenvalue weighted by Crippen LogP contribution is 2.10. The summed E-state index contributed by atoms with van der Waals surface area (Å²) in [6.07, 6.45) is 11.2. The van der Waals surface area contributed by atoms with Crippen molar-refractivity contribution in [3.8, 4) is 0 Å². The lowest BCUT2D eigenvalue weighted by Crippen LogP contribution is -2.23. The minimum atomic E-state index is -0.497. The molecule has 0 aromatic rings. The zero-order valence-electron chi connectivity index (χ0n) is 12.5. The van der Waals surface area contributed by atoms with Crippen LogP contribution in [0, 0.1) is 0 Å². The summed E-state index contributed by atoms with van der Waals surface area (Å²) in [6, 6.07) is 0. The first-order chi connectivity index (χ1) is 9.20. The monoisotopic (exact) mass is 271 g/mol. The molecule has 0 saturated heterocycles. The Balaban J connectivity index is 3.25. The molecular formula is C15H29NO3. The van der Waals surface area contributed by atoms with Gasteiger partial charge in [-0.05, 0) is 13.5 Å². The summed E-state index contributed by atoms with van der Waals surface area (Å²) in [5, 5.41) is 2.65. The normalized spacial score (nSPS) is 10.4. The van der Waals surface area contributed by atoms with Crippen LogP contribution in [0.5, 0.6) is 0 Å². The Morgan fingerprint density at radius 1 is 0.842 bits per heavy atom. The van der Waals surface area contributed by atoms with Gasteiger partial charge in [0.15, 0.2) is 0 Å². The van der Waals surface area contributed by atoms with Crippen molar-refractivity contribution in [1.82, 2.24) is 5.32 Å². The minimum Gasteiger partial charge on any atom is -0.392 e. The molecule has 0 atom stereocenters. The lowest BCUT2D eigenvalue weighted by molar-refractivity contribution is -0.158. The number of hydrogen-bond donors (Lipinski definition) is 1. The molecule has 0 radical (unpaired) electrons. The van der Waals surface area contributed by atoms with Gasteiger partial charge in [0.25, 0.3) is 0 Å². The fraction of sp³-hybridized carbons (Fsp3) is 0.867. The van der Waals surface area contributed by atoms with Gasteiger partial charge in [-0.1, -0.05) is 58.3 Å². The van der Waals surface area contributed by atoms with Gasteiger partial charge in [-0.15, -0.1) is 0 Å². The Hall–Kier alpha value is -0.900. The van der Waals surface area contributed by atoms with Crippen LogP contribution in [0.15, 0.2) is 0 Å². The zero-order chi connectivity index (χ0) is 14.3. The van der Waals surface area contributed by atoms with Crippen LogP contribution in [-0.4, -0.2) is 25.5 Å². The van der Waals surface area contributed by atoms with Gasteiger partial charge in [0.2, 0.25) is 0 Å². The molecule has 1 N–H and O–H groups in total. The van der Waals surface area contributed by atoms with Crippen molar-refractivity contribution in [2.24, 2.45) is 0 Å². The zero-order valence-corrected chi connectivity index (χ0v) is 12.5. The average molecular weight is 271 g/mol. The van der Waals surface area contributed by atoms with Crippen molar-refractivity contribution in [2.45, 2.75) is 71.1 Å². The van der Waals surface area contributed by atoms with Crippen LogP contribution in [0.4, 0.5) is 0 Å². The molecule has 0 aliphatic rings. The number of nitrogens with one attached hydrogen (secondary N) is 1. The van der Waals surface area contributed by atoms with E-state index in [2.05, 4.69) is 17.0 Å². The van der Waals surface area contributed by atoms with E-state index in [1.807, 2.05) is 0 Å². The number of rotatable bonds is 12. The molecule has 19 heavy (non-hydrogen) atoms. The Bertz CT molecular complexity index is 242. The van der Waals surface area contributed by atoms with Gasteiger partial charge in [0.05, 0.1) is 6.54 Å². The molecule has 112 valence electrons. The molecule has 0 fully saturated rings. The number of hydrogen-bond acceptors (Lipinski definition) is 4. The van der Waals surface area contributed by atoms with Crippen molar-refractivity contribution in [3.05, 3.63) is 0 Å². The average Bonchev–Trinajstić information content (AvgIpc) is 2.37. The van der Waals surface area contributed by atoms with E-state index in [1.165, 1.54) is 44.9 Å². The lowest BCUT2D eigenvalue weighted by Gasteiger charge is -2.03. The molecule has 0 spiro atoms. The van der Waals surface area contributed by atoms with Crippen molar-refractivity contribution >= 4 is 11.9 Å². The quantitative estimate of drug-likeness (QED) is 0.336. The maximum Gasteiger partial charge on any atom is 0.327 e. The van der Waals surface area contributed by atoms with E-state index < -0.39 is 11.9 Å². The van der Waals surface area contributed by atoms with Gasteiger partial charge in [-0.3, -0.25) is 9.59 Å². The number of likely N-dealkylation sites (N-methyl/N-ethyl adjacent to an activating group) is 1. The van der Waals surface area contributed by atoms with Crippen LogP contribution in [0.3, 0.4) is 0 Å². The van der Waals surface area contributed by atoms with Crippen molar-refractivity contribution in [1.29, 1.82) is 0 Å². The maximum atomic E-state index is 11.3. The molecule has 0 rings (SSSR count).